The third kappa shape index (κ3) is 4.03. The van der Waals surface area contributed by atoms with E-state index in [1.807, 2.05) is 19.1 Å². The Kier molecular flexibility index (Phi) is 5.24. The maximum atomic E-state index is 12.6. The predicted molar refractivity (Wildman–Crippen MR) is 98.5 cm³/mol. The molecular formula is C18H21N3O4S. The van der Waals surface area contributed by atoms with Crippen LogP contribution in [0, 0.1) is 6.92 Å². The van der Waals surface area contributed by atoms with E-state index in [0.29, 0.717) is 18.8 Å². The largest absolute Gasteiger partial charge is 0.325 e. The van der Waals surface area contributed by atoms with Gasteiger partial charge in [0.1, 0.15) is 6.54 Å². The molecule has 0 aliphatic carbocycles. The topological polar surface area (TPSA) is 88.5 Å². The maximum absolute atomic E-state index is 12.6. The molecule has 1 aromatic carbocycles. The molecule has 26 heavy (non-hydrogen) atoms. The number of amides is 1. The molecule has 1 amide bonds. The van der Waals surface area contributed by atoms with Gasteiger partial charge in [0.2, 0.25) is 15.9 Å². The van der Waals surface area contributed by atoms with Crippen molar-refractivity contribution in [3.63, 3.8) is 0 Å². The second kappa shape index (κ2) is 7.43. The molecule has 7 nitrogen and oxygen atoms in total. The third-order valence-corrected chi connectivity index (χ3v) is 6.19. The molecule has 2 aromatic rings. The summed E-state index contributed by atoms with van der Waals surface area (Å²) in [6.07, 6.45) is 2.90. The van der Waals surface area contributed by atoms with E-state index in [1.54, 1.807) is 12.1 Å². The fraction of sp³-hybridized carbons (Fsp3) is 0.333. The summed E-state index contributed by atoms with van der Waals surface area (Å²) >= 11 is 0. The molecule has 1 saturated heterocycles. The van der Waals surface area contributed by atoms with Crippen molar-refractivity contribution < 1.29 is 13.2 Å². The zero-order chi connectivity index (χ0) is 18.7. The highest BCUT2D eigenvalue weighted by Gasteiger charge is 2.27. The van der Waals surface area contributed by atoms with E-state index in [0.717, 1.165) is 23.0 Å². The van der Waals surface area contributed by atoms with Gasteiger partial charge in [0, 0.05) is 31.0 Å². The van der Waals surface area contributed by atoms with E-state index in [9.17, 15) is 18.0 Å². The molecule has 0 saturated carbocycles. The lowest BCUT2D eigenvalue weighted by molar-refractivity contribution is -0.116. The Hall–Kier alpha value is -2.45. The van der Waals surface area contributed by atoms with Gasteiger partial charge in [0.25, 0.3) is 5.56 Å². The molecule has 1 aliphatic heterocycles. The van der Waals surface area contributed by atoms with Gasteiger partial charge in [-0.15, -0.1) is 0 Å². The van der Waals surface area contributed by atoms with Crippen LogP contribution in [0.1, 0.15) is 18.4 Å². The van der Waals surface area contributed by atoms with Crippen LogP contribution in [0.5, 0.6) is 0 Å². The van der Waals surface area contributed by atoms with E-state index in [2.05, 4.69) is 5.32 Å². The van der Waals surface area contributed by atoms with E-state index in [1.165, 1.54) is 22.6 Å². The zero-order valence-electron chi connectivity index (χ0n) is 14.5. The van der Waals surface area contributed by atoms with Gasteiger partial charge < -0.3 is 9.88 Å². The summed E-state index contributed by atoms with van der Waals surface area (Å²) < 4.78 is 27.8. The molecule has 1 fully saturated rings. The fourth-order valence-electron chi connectivity index (χ4n) is 2.86. The zero-order valence-corrected chi connectivity index (χ0v) is 15.3. The summed E-state index contributed by atoms with van der Waals surface area (Å²) in [5, 5.41) is 2.70. The highest BCUT2D eigenvalue weighted by molar-refractivity contribution is 7.89. The van der Waals surface area contributed by atoms with E-state index in [4.69, 9.17) is 0 Å². The Bertz CT molecular complexity index is 959. The summed E-state index contributed by atoms with van der Waals surface area (Å²) in [6.45, 7) is 2.65. The molecular weight excluding hydrogens is 354 g/mol. The van der Waals surface area contributed by atoms with Crippen LogP contribution in [-0.4, -0.2) is 36.3 Å². The molecule has 1 N–H and O–H groups in total. The minimum Gasteiger partial charge on any atom is -0.325 e. The van der Waals surface area contributed by atoms with Gasteiger partial charge >= 0.3 is 0 Å². The van der Waals surface area contributed by atoms with Crippen LogP contribution >= 0.6 is 0 Å². The van der Waals surface area contributed by atoms with E-state index < -0.39 is 21.5 Å². The number of nitrogens with zero attached hydrogens (tertiary/aromatic N) is 2. The summed E-state index contributed by atoms with van der Waals surface area (Å²) in [7, 11) is -3.64. The first-order chi connectivity index (χ1) is 12.4. The molecule has 1 aromatic heterocycles. The molecule has 8 heteroatoms. The average molecular weight is 375 g/mol. The Balaban J connectivity index is 1.78. The molecule has 0 spiro atoms. The van der Waals surface area contributed by atoms with Gasteiger partial charge in [-0.2, -0.15) is 4.31 Å². The number of hydrogen-bond acceptors (Lipinski definition) is 4. The molecule has 0 unspecified atom stereocenters. The van der Waals surface area contributed by atoms with Gasteiger partial charge in [0.05, 0.1) is 4.90 Å². The van der Waals surface area contributed by atoms with Gasteiger partial charge in [-0.05, 0) is 38.0 Å². The first-order valence-electron chi connectivity index (χ1n) is 8.43. The minimum absolute atomic E-state index is 0.0298. The van der Waals surface area contributed by atoms with Crippen LogP contribution < -0.4 is 10.9 Å². The standard InChI is InChI=1S/C18H21N3O4S/c1-14-4-6-15(7-5-14)19-17(22)13-20-12-16(8-9-18(20)23)26(24,25)21-10-2-3-11-21/h4-9,12H,2-3,10-11,13H2,1H3,(H,19,22). The SMILES string of the molecule is Cc1ccc(NC(=O)Cn2cc(S(=O)(=O)N3CCCC3)ccc2=O)cc1. The van der Waals surface area contributed by atoms with Gasteiger partial charge in [0.15, 0.2) is 0 Å². The second-order valence-corrected chi connectivity index (χ2v) is 8.29. The van der Waals surface area contributed by atoms with Crippen molar-refractivity contribution in [3.8, 4) is 0 Å². The number of aryl methyl sites for hydroxylation is 1. The Morgan fingerprint density at radius 2 is 1.73 bits per heavy atom. The Morgan fingerprint density at radius 1 is 1.08 bits per heavy atom. The summed E-state index contributed by atoms with van der Waals surface area (Å²) in [6, 6.07) is 9.75. The maximum Gasteiger partial charge on any atom is 0.251 e. The van der Waals surface area contributed by atoms with Crippen LogP contribution in [0.2, 0.25) is 0 Å². The lowest BCUT2D eigenvalue weighted by Gasteiger charge is -2.16. The van der Waals surface area contributed by atoms with Gasteiger partial charge in [-0.1, -0.05) is 17.7 Å². The summed E-state index contributed by atoms with van der Waals surface area (Å²) in [5.41, 5.74) is 1.26. The molecule has 3 rings (SSSR count). The molecule has 0 atom stereocenters. The third-order valence-electron chi connectivity index (χ3n) is 4.31. The van der Waals surface area contributed by atoms with Gasteiger partial charge in [-0.25, -0.2) is 8.42 Å². The molecule has 1 aliphatic rings. The normalized spacial score (nSPS) is 15.1. The van der Waals surface area contributed by atoms with Crippen LogP contribution in [0.3, 0.4) is 0 Å². The second-order valence-electron chi connectivity index (χ2n) is 6.36. The molecule has 0 bridgehead atoms. The number of anilines is 1. The van der Waals surface area contributed by atoms with E-state index in [-0.39, 0.29) is 11.4 Å². The lowest BCUT2D eigenvalue weighted by atomic mass is 10.2. The van der Waals surface area contributed by atoms with Crippen molar-refractivity contribution in [2.75, 3.05) is 18.4 Å². The Morgan fingerprint density at radius 3 is 2.38 bits per heavy atom. The van der Waals surface area contributed by atoms with Crippen LogP contribution in [0.25, 0.3) is 0 Å². The summed E-state index contributed by atoms with van der Waals surface area (Å²) in [5.74, 6) is -0.397. The van der Waals surface area contributed by atoms with Crippen LogP contribution in [0.4, 0.5) is 5.69 Å². The fourth-order valence-corrected chi connectivity index (χ4v) is 4.39. The van der Waals surface area contributed by atoms with Crippen molar-refractivity contribution in [1.29, 1.82) is 0 Å². The number of sulfonamides is 1. The summed E-state index contributed by atoms with van der Waals surface area (Å²) in [4.78, 5) is 24.3. The number of nitrogens with one attached hydrogen (secondary N) is 1. The lowest BCUT2D eigenvalue weighted by Crippen LogP contribution is -2.31. The predicted octanol–water partition coefficient (Wildman–Crippen LogP) is 1.58. The van der Waals surface area contributed by atoms with Crippen molar-refractivity contribution in [1.82, 2.24) is 8.87 Å². The van der Waals surface area contributed by atoms with Crippen molar-refractivity contribution >= 4 is 21.6 Å². The van der Waals surface area contributed by atoms with E-state index >= 15 is 0 Å². The Labute approximate surface area is 152 Å². The van der Waals surface area contributed by atoms with Crippen molar-refractivity contribution in [3.05, 3.63) is 58.5 Å². The molecule has 2 heterocycles. The number of hydrogen-bond donors (Lipinski definition) is 1. The van der Waals surface area contributed by atoms with Crippen LogP contribution in [0.15, 0.2) is 52.3 Å². The minimum atomic E-state index is -3.64. The molecule has 138 valence electrons. The number of pyridine rings is 1. The van der Waals surface area contributed by atoms with Crippen LogP contribution in [-0.2, 0) is 21.4 Å². The smallest absolute Gasteiger partial charge is 0.251 e. The first kappa shape index (κ1) is 18.3. The van der Waals surface area contributed by atoms with Gasteiger partial charge in [-0.3, -0.25) is 9.59 Å². The monoisotopic (exact) mass is 375 g/mol. The molecule has 0 radical (unpaired) electrons. The highest BCUT2D eigenvalue weighted by atomic mass is 32.2. The number of carbonyl (C=O) groups is 1. The first-order valence-corrected chi connectivity index (χ1v) is 9.87. The average Bonchev–Trinajstić information content (AvgIpc) is 3.14. The number of carbonyl (C=O) groups excluding carboxylic acids is 1. The van der Waals surface area contributed by atoms with Crippen molar-refractivity contribution in [2.45, 2.75) is 31.2 Å². The van der Waals surface area contributed by atoms with Crippen molar-refractivity contribution in [2.24, 2.45) is 0 Å². The highest BCUT2D eigenvalue weighted by Crippen LogP contribution is 2.19. The number of rotatable bonds is 5. The number of aromatic nitrogens is 1. The number of benzene rings is 1. The quantitative estimate of drug-likeness (QED) is 0.859.